The molecule has 0 spiro atoms. The maximum absolute atomic E-state index is 3.86. The van der Waals surface area contributed by atoms with Crippen molar-refractivity contribution in [1.29, 1.82) is 0 Å². The van der Waals surface area contributed by atoms with E-state index in [-0.39, 0.29) is 0 Å². The number of rotatable bonds is 8. The predicted molar refractivity (Wildman–Crippen MR) is 61.7 cm³/mol. The molecule has 0 rings (SSSR count). The van der Waals surface area contributed by atoms with E-state index in [0.29, 0.717) is 0 Å². The SMILES string of the molecule is [CH2]CCCCCCC(CC)C(C)C. The lowest BCUT2D eigenvalue weighted by Gasteiger charge is -2.18. The van der Waals surface area contributed by atoms with E-state index >= 15 is 0 Å². The second-order valence-electron chi connectivity index (χ2n) is 4.47. The Balaban J connectivity index is 3.28. The van der Waals surface area contributed by atoms with Crippen molar-refractivity contribution in [3.05, 3.63) is 6.92 Å². The Morgan fingerprint density at radius 3 is 2.08 bits per heavy atom. The van der Waals surface area contributed by atoms with Gasteiger partial charge in [-0.25, -0.2) is 0 Å². The first kappa shape index (κ1) is 13.0. The Kier molecular flexibility index (Phi) is 8.59. The number of unbranched alkanes of at least 4 members (excludes halogenated alkanes) is 4. The Morgan fingerprint density at radius 1 is 1.00 bits per heavy atom. The molecule has 1 unspecified atom stereocenters. The lowest BCUT2D eigenvalue weighted by atomic mass is 9.88. The molecular formula is C13H27. The van der Waals surface area contributed by atoms with Crippen LogP contribution in [0.25, 0.3) is 0 Å². The molecule has 79 valence electrons. The van der Waals surface area contributed by atoms with Gasteiger partial charge in [0.15, 0.2) is 0 Å². The van der Waals surface area contributed by atoms with Crippen molar-refractivity contribution in [3.63, 3.8) is 0 Å². The molecule has 13 heavy (non-hydrogen) atoms. The molecule has 0 fully saturated rings. The lowest BCUT2D eigenvalue weighted by Crippen LogP contribution is -2.06. The van der Waals surface area contributed by atoms with Gasteiger partial charge in [-0.1, -0.05) is 72.6 Å². The van der Waals surface area contributed by atoms with Crippen LogP contribution < -0.4 is 0 Å². The van der Waals surface area contributed by atoms with Crippen LogP contribution in [0.1, 0.15) is 65.7 Å². The minimum Gasteiger partial charge on any atom is -0.0651 e. The Hall–Kier alpha value is 0. The minimum atomic E-state index is 0.873. The third-order valence-electron chi connectivity index (χ3n) is 3.04. The van der Waals surface area contributed by atoms with Crippen LogP contribution in [-0.4, -0.2) is 0 Å². The molecule has 0 aliphatic carbocycles. The molecule has 1 radical (unpaired) electrons. The molecule has 0 heterocycles. The summed E-state index contributed by atoms with van der Waals surface area (Å²) in [5, 5.41) is 0. The van der Waals surface area contributed by atoms with Crippen molar-refractivity contribution in [1.82, 2.24) is 0 Å². The second-order valence-corrected chi connectivity index (χ2v) is 4.47. The largest absolute Gasteiger partial charge is 0.0651 e. The Morgan fingerprint density at radius 2 is 1.62 bits per heavy atom. The molecule has 0 aliphatic rings. The van der Waals surface area contributed by atoms with E-state index in [9.17, 15) is 0 Å². The summed E-state index contributed by atoms with van der Waals surface area (Å²) in [6.07, 6.45) is 9.45. The summed E-state index contributed by atoms with van der Waals surface area (Å²) in [7, 11) is 0. The van der Waals surface area contributed by atoms with Crippen LogP contribution in [0.4, 0.5) is 0 Å². The summed E-state index contributed by atoms with van der Waals surface area (Å²) < 4.78 is 0. The molecule has 0 N–H and O–H groups in total. The van der Waals surface area contributed by atoms with Gasteiger partial charge in [0, 0.05) is 0 Å². The molecule has 0 aromatic heterocycles. The first-order valence-electron chi connectivity index (χ1n) is 6.01. The van der Waals surface area contributed by atoms with E-state index < -0.39 is 0 Å². The lowest BCUT2D eigenvalue weighted by molar-refractivity contribution is 0.335. The molecule has 0 aromatic rings. The number of hydrogen-bond donors (Lipinski definition) is 0. The highest BCUT2D eigenvalue weighted by Crippen LogP contribution is 2.21. The van der Waals surface area contributed by atoms with Gasteiger partial charge in [0.1, 0.15) is 0 Å². The Labute approximate surface area is 85.1 Å². The van der Waals surface area contributed by atoms with Gasteiger partial charge in [-0.05, 0) is 11.8 Å². The van der Waals surface area contributed by atoms with Gasteiger partial charge < -0.3 is 0 Å². The molecule has 0 heteroatoms. The van der Waals surface area contributed by atoms with Crippen LogP contribution in [0.15, 0.2) is 0 Å². The average molecular weight is 183 g/mol. The molecule has 0 bridgehead atoms. The van der Waals surface area contributed by atoms with Crippen LogP contribution in [-0.2, 0) is 0 Å². The molecule has 0 amide bonds. The molecule has 0 aliphatic heterocycles. The molecule has 1 atom stereocenters. The maximum atomic E-state index is 3.86. The fourth-order valence-electron chi connectivity index (χ4n) is 1.95. The summed E-state index contributed by atoms with van der Waals surface area (Å²) in [6, 6.07) is 0. The second kappa shape index (κ2) is 8.59. The fraction of sp³-hybridized carbons (Fsp3) is 0.923. The van der Waals surface area contributed by atoms with Crippen LogP contribution in [0.3, 0.4) is 0 Å². The summed E-state index contributed by atoms with van der Waals surface area (Å²) in [4.78, 5) is 0. The topological polar surface area (TPSA) is 0 Å². The van der Waals surface area contributed by atoms with Gasteiger partial charge in [-0.3, -0.25) is 0 Å². The van der Waals surface area contributed by atoms with E-state index in [1.807, 2.05) is 0 Å². The molecule has 0 aromatic carbocycles. The zero-order valence-corrected chi connectivity index (χ0v) is 9.81. The standard InChI is InChI=1S/C13H27/c1-5-7-8-9-10-11-13(6-2)12(3)4/h12-13H,1,5-11H2,2-4H3. The zero-order valence-electron chi connectivity index (χ0n) is 9.81. The van der Waals surface area contributed by atoms with Gasteiger partial charge >= 0.3 is 0 Å². The normalized spacial score (nSPS) is 13.6. The maximum Gasteiger partial charge on any atom is -0.0394 e. The summed E-state index contributed by atoms with van der Waals surface area (Å²) in [5.41, 5.74) is 0. The van der Waals surface area contributed by atoms with E-state index in [1.165, 1.54) is 38.5 Å². The van der Waals surface area contributed by atoms with Gasteiger partial charge in [0.25, 0.3) is 0 Å². The predicted octanol–water partition coefficient (Wildman–Crippen LogP) is 4.84. The quantitative estimate of drug-likeness (QED) is 0.472. The third-order valence-corrected chi connectivity index (χ3v) is 3.04. The van der Waals surface area contributed by atoms with Gasteiger partial charge in [-0.15, -0.1) is 0 Å². The van der Waals surface area contributed by atoms with Gasteiger partial charge in [-0.2, -0.15) is 0 Å². The van der Waals surface area contributed by atoms with Crippen LogP contribution in [0, 0.1) is 18.8 Å². The first-order valence-corrected chi connectivity index (χ1v) is 6.01. The van der Waals surface area contributed by atoms with Crippen molar-refractivity contribution < 1.29 is 0 Å². The molecular weight excluding hydrogens is 156 g/mol. The van der Waals surface area contributed by atoms with Crippen molar-refractivity contribution in [2.75, 3.05) is 0 Å². The smallest absolute Gasteiger partial charge is 0.0394 e. The number of hydrogen-bond acceptors (Lipinski definition) is 0. The van der Waals surface area contributed by atoms with E-state index in [1.54, 1.807) is 0 Å². The summed E-state index contributed by atoms with van der Waals surface area (Å²) in [5.74, 6) is 1.83. The molecule has 0 saturated heterocycles. The van der Waals surface area contributed by atoms with Crippen LogP contribution in [0.5, 0.6) is 0 Å². The summed E-state index contributed by atoms with van der Waals surface area (Å²) >= 11 is 0. The first-order chi connectivity index (χ1) is 6.22. The van der Waals surface area contributed by atoms with Crippen LogP contribution >= 0.6 is 0 Å². The summed E-state index contributed by atoms with van der Waals surface area (Å²) in [6.45, 7) is 10.9. The fourth-order valence-corrected chi connectivity index (χ4v) is 1.95. The van der Waals surface area contributed by atoms with E-state index in [4.69, 9.17) is 0 Å². The molecule has 0 nitrogen and oxygen atoms in total. The molecule has 0 saturated carbocycles. The Bertz CT molecular complexity index is 94.2. The van der Waals surface area contributed by atoms with E-state index in [2.05, 4.69) is 27.7 Å². The highest BCUT2D eigenvalue weighted by molar-refractivity contribution is 4.61. The van der Waals surface area contributed by atoms with Crippen LogP contribution in [0.2, 0.25) is 0 Å². The van der Waals surface area contributed by atoms with Crippen molar-refractivity contribution >= 4 is 0 Å². The zero-order chi connectivity index (χ0) is 10.1. The minimum absolute atomic E-state index is 0.873. The van der Waals surface area contributed by atoms with Crippen molar-refractivity contribution in [3.8, 4) is 0 Å². The van der Waals surface area contributed by atoms with E-state index in [0.717, 1.165) is 18.3 Å². The van der Waals surface area contributed by atoms with Gasteiger partial charge in [0.2, 0.25) is 0 Å². The third kappa shape index (κ3) is 7.10. The highest BCUT2D eigenvalue weighted by atomic mass is 14.1. The van der Waals surface area contributed by atoms with Crippen molar-refractivity contribution in [2.45, 2.75) is 65.7 Å². The monoisotopic (exact) mass is 183 g/mol. The van der Waals surface area contributed by atoms with Gasteiger partial charge in [0.05, 0.1) is 0 Å². The van der Waals surface area contributed by atoms with Crippen molar-refractivity contribution in [2.24, 2.45) is 11.8 Å². The highest BCUT2D eigenvalue weighted by Gasteiger charge is 2.09. The average Bonchev–Trinajstić information content (AvgIpc) is 2.10.